The molecule has 36 heavy (non-hydrogen) atoms. The number of anilines is 1. The van der Waals surface area contributed by atoms with Crippen molar-refractivity contribution in [2.24, 2.45) is 0 Å². The van der Waals surface area contributed by atoms with Gasteiger partial charge in [0.25, 0.3) is 5.91 Å². The van der Waals surface area contributed by atoms with Gasteiger partial charge in [0.15, 0.2) is 17.3 Å². The van der Waals surface area contributed by atoms with Crippen molar-refractivity contribution >= 4 is 17.5 Å². The molecule has 2 aromatic carbocycles. The Bertz CT molecular complexity index is 1220. The maximum Gasteiger partial charge on any atom is 0.267 e. The number of carbonyl (C=O) groups excluding carboxylic acids is 2. The highest BCUT2D eigenvalue weighted by Crippen LogP contribution is 2.31. The van der Waals surface area contributed by atoms with E-state index in [1.165, 1.54) is 0 Å². The van der Waals surface area contributed by atoms with Crippen molar-refractivity contribution in [3.8, 4) is 17.2 Å². The first-order chi connectivity index (χ1) is 17.6. The molecule has 1 fully saturated rings. The minimum Gasteiger partial charge on any atom is -0.495 e. The van der Waals surface area contributed by atoms with E-state index in [9.17, 15) is 9.59 Å². The average molecular weight is 494 g/mol. The van der Waals surface area contributed by atoms with Crippen molar-refractivity contribution in [2.45, 2.75) is 19.1 Å². The van der Waals surface area contributed by atoms with E-state index in [2.05, 4.69) is 20.4 Å². The second kappa shape index (κ2) is 10.6. The number of methoxy groups -OCH3 is 1. The Morgan fingerprint density at radius 2 is 1.81 bits per heavy atom. The van der Waals surface area contributed by atoms with Gasteiger partial charge in [0.05, 0.1) is 25.8 Å². The van der Waals surface area contributed by atoms with Crippen LogP contribution in [-0.2, 0) is 22.6 Å². The zero-order chi connectivity index (χ0) is 24.9. The highest BCUT2D eigenvalue weighted by atomic mass is 16.6. The molecule has 3 aromatic rings. The number of carbonyl (C=O) groups is 2. The molecule has 1 saturated heterocycles. The van der Waals surface area contributed by atoms with Crippen molar-refractivity contribution in [2.75, 3.05) is 45.2 Å². The summed E-state index contributed by atoms with van der Waals surface area (Å²) in [5.74, 6) is 2.20. The zero-order valence-corrected chi connectivity index (χ0v) is 19.9. The number of piperazine rings is 1. The van der Waals surface area contributed by atoms with Crippen LogP contribution in [-0.4, -0.2) is 77.8 Å². The second-order valence-electron chi connectivity index (χ2n) is 8.50. The summed E-state index contributed by atoms with van der Waals surface area (Å²) in [6, 6.07) is 14.5. The lowest BCUT2D eigenvalue weighted by Gasteiger charge is -2.36. The van der Waals surface area contributed by atoms with Crippen LogP contribution in [0.1, 0.15) is 11.7 Å². The smallest absolute Gasteiger partial charge is 0.267 e. The van der Waals surface area contributed by atoms with Crippen LogP contribution in [0.4, 0.5) is 5.69 Å². The van der Waals surface area contributed by atoms with E-state index in [0.29, 0.717) is 67.4 Å². The number of ether oxygens (including phenoxy) is 3. The van der Waals surface area contributed by atoms with Gasteiger partial charge in [0.1, 0.15) is 12.4 Å². The van der Waals surface area contributed by atoms with Gasteiger partial charge < -0.3 is 29.0 Å². The molecule has 0 aliphatic carbocycles. The molecule has 5 rings (SSSR count). The fraction of sp³-hybridized carbons (Fsp3) is 0.360. The minimum atomic E-state index is -0.646. The van der Waals surface area contributed by atoms with Crippen LogP contribution in [0.25, 0.3) is 0 Å². The molecule has 1 atom stereocenters. The Morgan fingerprint density at radius 3 is 2.61 bits per heavy atom. The van der Waals surface area contributed by atoms with E-state index in [1.807, 2.05) is 30.3 Å². The predicted octanol–water partition coefficient (Wildman–Crippen LogP) is 1.74. The lowest BCUT2D eigenvalue weighted by atomic mass is 10.2. The van der Waals surface area contributed by atoms with Gasteiger partial charge >= 0.3 is 0 Å². The fourth-order valence-electron chi connectivity index (χ4n) is 4.17. The van der Waals surface area contributed by atoms with E-state index >= 15 is 0 Å². The van der Waals surface area contributed by atoms with E-state index < -0.39 is 6.10 Å². The summed E-state index contributed by atoms with van der Waals surface area (Å²) >= 11 is 0. The highest BCUT2D eigenvalue weighted by molar-refractivity contribution is 5.93. The summed E-state index contributed by atoms with van der Waals surface area (Å²) in [5, 5.41) is 6.72. The van der Waals surface area contributed by atoms with Crippen molar-refractivity contribution in [3.05, 3.63) is 60.2 Å². The molecule has 0 saturated carbocycles. The maximum atomic E-state index is 12.9. The third-order valence-corrected chi connectivity index (χ3v) is 6.04. The van der Waals surface area contributed by atoms with Crippen molar-refractivity contribution in [1.82, 2.24) is 19.9 Å². The SMILES string of the molecule is COc1ccccc1NC(=O)Cc1noc(CN2CCN(C(=O)[C@H]3COc4ccccc4O3)CC2)n1. The first-order valence-corrected chi connectivity index (χ1v) is 11.7. The fourth-order valence-corrected chi connectivity index (χ4v) is 4.17. The number of nitrogens with zero attached hydrogens (tertiary/aromatic N) is 4. The van der Waals surface area contributed by atoms with Crippen LogP contribution in [0.15, 0.2) is 53.1 Å². The Morgan fingerprint density at radius 1 is 1.06 bits per heavy atom. The molecule has 0 radical (unpaired) electrons. The lowest BCUT2D eigenvalue weighted by Crippen LogP contribution is -2.53. The van der Waals surface area contributed by atoms with Crippen molar-refractivity contribution in [3.63, 3.8) is 0 Å². The third-order valence-electron chi connectivity index (χ3n) is 6.04. The molecule has 3 heterocycles. The average Bonchev–Trinajstić information content (AvgIpc) is 3.35. The summed E-state index contributed by atoms with van der Waals surface area (Å²) in [7, 11) is 1.55. The Labute approximate surface area is 207 Å². The molecule has 1 N–H and O–H groups in total. The number of benzene rings is 2. The molecule has 2 aliphatic rings. The number of amides is 2. The summed E-state index contributed by atoms with van der Waals surface area (Å²) in [5.41, 5.74) is 0.579. The standard InChI is InChI=1S/C25H27N5O6/c1-33-18-7-3-2-6-17(18)26-23(31)14-22-27-24(36-28-22)15-29-10-12-30(13-11-29)25(32)21-16-34-19-8-4-5-9-20(19)35-21/h2-9,21H,10-16H2,1H3,(H,26,31)/t21-/m1/s1. The normalized spacial score (nSPS) is 17.5. The van der Waals surface area contributed by atoms with Crippen LogP contribution in [0.5, 0.6) is 17.2 Å². The van der Waals surface area contributed by atoms with Crippen molar-refractivity contribution in [1.29, 1.82) is 0 Å². The number of nitrogens with one attached hydrogen (secondary N) is 1. The summed E-state index contributed by atoms with van der Waals surface area (Å²) in [6.07, 6.45) is -0.664. The van der Waals surface area contributed by atoms with Crippen LogP contribution >= 0.6 is 0 Å². The monoisotopic (exact) mass is 493 g/mol. The van der Waals surface area contributed by atoms with Crippen LogP contribution in [0.3, 0.4) is 0 Å². The molecule has 0 bridgehead atoms. The summed E-state index contributed by atoms with van der Waals surface area (Å²) in [6.45, 7) is 3.07. The van der Waals surface area contributed by atoms with Crippen LogP contribution in [0.2, 0.25) is 0 Å². The van der Waals surface area contributed by atoms with E-state index in [4.69, 9.17) is 18.7 Å². The number of hydrogen-bond acceptors (Lipinski definition) is 9. The highest BCUT2D eigenvalue weighted by Gasteiger charge is 2.33. The first-order valence-electron chi connectivity index (χ1n) is 11.7. The number of aromatic nitrogens is 2. The Hall–Kier alpha value is -4.12. The number of hydrogen-bond donors (Lipinski definition) is 1. The van der Waals surface area contributed by atoms with Crippen molar-refractivity contribution < 1.29 is 28.3 Å². The quantitative estimate of drug-likeness (QED) is 0.525. The number of fused-ring (bicyclic) bond motifs is 1. The van der Waals surface area contributed by atoms with E-state index in [0.717, 1.165) is 0 Å². The van der Waals surface area contributed by atoms with E-state index in [1.54, 1.807) is 30.2 Å². The molecule has 1 aromatic heterocycles. The molecule has 0 spiro atoms. The van der Waals surface area contributed by atoms with Crippen LogP contribution < -0.4 is 19.5 Å². The summed E-state index contributed by atoms with van der Waals surface area (Å²) in [4.78, 5) is 33.6. The van der Waals surface area contributed by atoms with Crippen LogP contribution in [0, 0.1) is 0 Å². The third kappa shape index (κ3) is 5.41. The maximum absolute atomic E-state index is 12.9. The molecule has 11 nitrogen and oxygen atoms in total. The van der Waals surface area contributed by atoms with Gasteiger partial charge in [-0.25, -0.2) is 0 Å². The Balaban J connectivity index is 1.08. The minimum absolute atomic E-state index is 0.0174. The predicted molar refractivity (Wildman–Crippen MR) is 128 cm³/mol. The van der Waals surface area contributed by atoms with Gasteiger partial charge in [-0.15, -0.1) is 0 Å². The second-order valence-corrected chi connectivity index (χ2v) is 8.50. The molecule has 0 unspecified atom stereocenters. The molecular formula is C25H27N5O6. The first kappa shape index (κ1) is 23.6. The van der Waals surface area contributed by atoms with Gasteiger partial charge in [0, 0.05) is 26.2 Å². The molecule has 188 valence electrons. The topological polar surface area (TPSA) is 119 Å². The Kier molecular flexibility index (Phi) is 6.99. The summed E-state index contributed by atoms with van der Waals surface area (Å²) < 4.78 is 22.1. The lowest BCUT2D eigenvalue weighted by molar-refractivity contribution is -0.143. The van der Waals surface area contributed by atoms with Gasteiger partial charge in [0.2, 0.25) is 17.9 Å². The molecule has 11 heteroatoms. The van der Waals surface area contributed by atoms with Gasteiger partial charge in [-0.2, -0.15) is 4.98 Å². The van der Waals surface area contributed by atoms with Gasteiger partial charge in [-0.3, -0.25) is 14.5 Å². The number of rotatable bonds is 7. The molecular weight excluding hydrogens is 466 g/mol. The number of para-hydroxylation sites is 4. The zero-order valence-electron chi connectivity index (χ0n) is 19.9. The molecule has 2 amide bonds. The van der Waals surface area contributed by atoms with Gasteiger partial charge in [-0.05, 0) is 24.3 Å². The molecule has 2 aliphatic heterocycles. The van der Waals surface area contributed by atoms with Gasteiger partial charge in [-0.1, -0.05) is 29.4 Å². The van der Waals surface area contributed by atoms with E-state index in [-0.39, 0.29) is 24.8 Å². The largest absolute Gasteiger partial charge is 0.495 e.